The van der Waals surface area contributed by atoms with E-state index in [-0.39, 0.29) is 11.1 Å². The number of hydrogen-bond acceptors (Lipinski definition) is 0. The highest BCUT2D eigenvalue weighted by Crippen LogP contribution is 2.37. The molecule has 0 N–H and O–H groups in total. The Balaban J connectivity index is 2.65. The van der Waals surface area contributed by atoms with Crippen LogP contribution in [0.5, 0.6) is 0 Å². The lowest BCUT2D eigenvalue weighted by atomic mass is 9.94. The maximum absolute atomic E-state index is 13.2. The van der Waals surface area contributed by atoms with Crippen LogP contribution in [0.1, 0.15) is 11.1 Å². The van der Waals surface area contributed by atoms with Gasteiger partial charge in [0.2, 0.25) is 0 Å². The van der Waals surface area contributed by atoms with E-state index >= 15 is 0 Å². The smallest absolute Gasteiger partial charge is 0.173 e. The van der Waals surface area contributed by atoms with Gasteiger partial charge in [-0.3, -0.25) is 0 Å². The van der Waals surface area contributed by atoms with Crippen LogP contribution in [0.4, 0.5) is 17.6 Å². The molecule has 4 heteroatoms. The summed E-state index contributed by atoms with van der Waals surface area (Å²) in [6, 6.07) is 14.9. The van der Waals surface area contributed by atoms with Crippen LogP contribution >= 0.6 is 0 Å². The van der Waals surface area contributed by atoms with Crippen molar-refractivity contribution >= 4 is 11.1 Å². The Morgan fingerprint density at radius 3 is 1.05 bits per heavy atom. The van der Waals surface area contributed by atoms with Crippen molar-refractivity contribution < 1.29 is 17.6 Å². The third-order valence-corrected chi connectivity index (χ3v) is 2.75. The quantitative estimate of drug-likeness (QED) is 0.506. The molecule has 0 aliphatic rings. The van der Waals surface area contributed by atoms with Crippen LogP contribution in [0, 0.1) is 0 Å². The van der Waals surface area contributed by atoms with Crippen molar-refractivity contribution in [3.05, 3.63) is 84.0 Å². The third kappa shape index (κ3) is 2.96. The predicted molar refractivity (Wildman–Crippen MR) is 71.2 cm³/mol. The van der Waals surface area contributed by atoms with Gasteiger partial charge in [0, 0.05) is 0 Å². The SMILES string of the molecule is FC(F)=C(C(=C(F)F)c1ccccc1)c1ccccc1. The minimum atomic E-state index is -2.14. The summed E-state index contributed by atoms with van der Waals surface area (Å²) in [5, 5.41) is 0. The molecule has 0 aliphatic carbocycles. The van der Waals surface area contributed by atoms with Crippen molar-refractivity contribution in [3.8, 4) is 0 Å². The van der Waals surface area contributed by atoms with E-state index in [1.54, 1.807) is 12.1 Å². The predicted octanol–water partition coefficient (Wildman–Crippen LogP) is 5.60. The Morgan fingerprint density at radius 2 is 0.800 bits per heavy atom. The van der Waals surface area contributed by atoms with Crippen LogP contribution < -0.4 is 0 Å². The first-order chi connectivity index (χ1) is 9.61. The average Bonchev–Trinajstić information content (AvgIpc) is 2.45. The number of hydrogen-bond donors (Lipinski definition) is 0. The van der Waals surface area contributed by atoms with Gasteiger partial charge in [0.05, 0.1) is 11.1 Å². The fraction of sp³-hybridized carbons (Fsp3) is 0. The second-order valence-electron chi connectivity index (χ2n) is 4.00. The van der Waals surface area contributed by atoms with Gasteiger partial charge in [0.15, 0.2) is 0 Å². The van der Waals surface area contributed by atoms with Gasteiger partial charge in [-0.1, -0.05) is 60.7 Å². The molecule has 2 aromatic rings. The molecular formula is C16H10F4. The summed E-state index contributed by atoms with van der Waals surface area (Å²) in [7, 11) is 0. The molecule has 102 valence electrons. The molecule has 20 heavy (non-hydrogen) atoms. The van der Waals surface area contributed by atoms with Crippen LogP contribution in [0.3, 0.4) is 0 Å². The lowest BCUT2D eigenvalue weighted by Gasteiger charge is -2.11. The van der Waals surface area contributed by atoms with E-state index in [2.05, 4.69) is 0 Å². The first-order valence-electron chi connectivity index (χ1n) is 5.83. The van der Waals surface area contributed by atoms with Crippen LogP contribution in [-0.4, -0.2) is 0 Å². The molecule has 2 rings (SSSR count). The third-order valence-electron chi connectivity index (χ3n) is 2.75. The lowest BCUT2D eigenvalue weighted by molar-refractivity contribution is 0.418. The standard InChI is InChI=1S/C16H10F4/c17-15(18)13(11-7-3-1-4-8-11)14(16(19)20)12-9-5-2-6-10-12/h1-10H. The fourth-order valence-electron chi connectivity index (χ4n) is 1.91. The van der Waals surface area contributed by atoms with Crippen molar-refractivity contribution in [1.29, 1.82) is 0 Å². The maximum Gasteiger partial charge on any atom is 0.278 e. The molecule has 0 saturated carbocycles. The zero-order valence-corrected chi connectivity index (χ0v) is 10.3. The van der Waals surface area contributed by atoms with E-state index in [9.17, 15) is 17.6 Å². The molecule has 0 unspecified atom stereocenters. The summed E-state index contributed by atoms with van der Waals surface area (Å²) < 4.78 is 52.8. The normalized spacial score (nSPS) is 10.0. The highest BCUT2D eigenvalue weighted by atomic mass is 19.3. The van der Waals surface area contributed by atoms with Crippen molar-refractivity contribution in [3.63, 3.8) is 0 Å². The van der Waals surface area contributed by atoms with Gasteiger partial charge in [0.1, 0.15) is 0 Å². The molecule has 0 fully saturated rings. The van der Waals surface area contributed by atoms with Gasteiger partial charge in [-0.05, 0) is 11.1 Å². The largest absolute Gasteiger partial charge is 0.278 e. The van der Waals surface area contributed by atoms with Crippen molar-refractivity contribution in [2.45, 2.75) is 0 Å². The molecule has 0 heterocycles. The number of rotatable bonds is 3. The van der Waals surface area contributed by atoms with Crippen molar-refractivity contribution in [2.75, 3.05) is 0 Å². The van der Waals surface area contributed by atoms with E-state index < -0.39 is 23.3 Å². The van der Waals surface area contributed by atoms with Gasteiger partial charge in [-0.15, -0.1) is 0 Å². The van der Waals surface area contributed by atoms with Crippen LogP contribution in [-0.2, 0) is 0 Å². The summed E-state index contributed by atoms with van der Waals surface area (Å²) >= 11 is 0. The van der Waals surface area contributed by atoms with E-state index in [0.29, 0.717) is 0 Å². The number of halogens is 4. The lowest BCUT2D eigenvalue weighted by Crippen LogP contribution is -1.93. The maximum atomic E-state index is 13.2. The van der Waals surface area contributed by atoms with E-state index in [1.165, 1.54) is 48.5 Å². The molecule has 2 aromatic carbocycles. The Bertz CT molecular complexity index is 575. The Hall–Kier alpha value is -2.36. The zero-order chi connectivity index (χ0) is 14.5. The molecule has 0 aromatic heterocycles. The Kier molecular flexibility index (Phi) is 4.35. The molecular weight excluding hydrogens is 268 g/mol. The van der Waals surface area contributed by atoms with Gasteiger partial charge < -0.3 is 0 Å². The second kappa shape index (κ2) is 6.19. The molecule has 0 radical (unpaired) electrons. The van der Waals surface area contributed by atoms with Crippen molar-refractivity contribution in [2.24, 2.45) is 0 Å². The van der Waals surface area contributed by atoms with Gasteiger partial charge in [-0.25, -0.2) is 0 Å². The summed E-state index contributed by atoms with van der Waals surface area (Å²) in [6.45, 7) is 0. The van der Waals surface area contributed by atoms with Crippen LogP contribution in [0.25, 0.3) is 11.1 Å². The zero-order valence-electron chi connectivity index (χ0n) is 10.3. The molecule has 0 aliphatic heterocycles. The Morgan fingerprint density at radius 1 is 0.500 bits per heavy atom. The van der Waals surface area contributed by atoms with Gasteiger partial charge in [0.25, 0.3) is 12.2 Å². The van der Waals surface area contributed by atoms with Crippen molar-refractivity contribution in [1.82, 2.24) is 0 Å². The highest BCUT2D eigenvalue weighted by molar-refractivity contribution is 6.05. The average molecular weight is 278 g/mol. The minimum Gasteiger partial charge on any atom is -0.173 e. The van der Waals surface area contributed by atoms with Gasteiger partial charge >= 0.3 is 0 Å². The molecule has 0 spiro atoms. The molecule has 0 nitrogen and oxygen atoms in total. The highest BCUT2D eigenvalue weighted by Gasteiger charge is 2.21. The molecule has 0 saturated heterocycles. The number of benzene rings is 2. The monoisotopic (exact) mass is 278 g/mol. The topological polar surface area (TPSA) is 0 Å². The minimum absolute atomic E-state index is 0.0548. The summed E-state index contributed by atoms with van der Waals surface area (Å²) in [4.78, 5) is 0. The van der Waals surface area contributed by atoms with E-state index in [0.717, 1.165) is 0 Å². The first kappa shape index (κ1) is 14.1. The molecule has 0 amide bonds. The number of allylic oxidation sites excluding steroid dienone is 2. The van der Waals surface area contributed by atoms with E-state index in [1.807, 2.05) is 0 Å². The van der Waals surface area contributed by atoms with Crippen LogP contribution in [0.15, 0.2) is 72.8 Å². The van der Waals surface area contributed by atoms with Crippen LogP contribution in [0.2, 0.25) is 0 Å². The van der Waals surface area contributed by atoms with Gasteiger partial charge in [-0.2, -0.15) is 17.6 Å². The van der Waals surface area contributed by atoms with E-state index in [4.69, 9.17) is 0 Å². The molecule has 0 atom stereocenters. The first-order valence-corrected chi connectivity index (χ1v) is 5.83. The summed E-state index contributed by atoms with van der Waals surface area (Å²) in [5.41, 5.74) is -1.37. The fourth-order valence-corrected chi connectivity index (χ4v) is 1.91. The summed E-state index contributed by atoms with van der Waals surface area (Å²) in [5.74, 6) is 0. The summed E-state index contributed by atoms with van der Waals surface area (Å²) in [6.07, 6.45) is -4.27. The second-order valence-corrected chi connectivity index (χ2v) is 4.00. The molecule has 0 bridgehead atoms. The Labute approximate surface area is 113 Å².